The zero-order valence-corrected chi connectivity index (χ0v) is 16.9. The van der Waals surface area contributed by atoms with E-state index in [9.17, 15) is 4.79 Å². The van der Waals surface area contributed by atoms with Crippen LogP contribution in [0.5, 0.6) is 0 Å². The first-order valence-corrected chi connectivity index (χ1v) is 10.2. The van der Waals surface area contributed by atoms with Gasteiger partial charge in [0.1, 0.15) is 0 Å². The molecule has 0 radical (unpaired) electrons. The number of hydrogen-bond acceptors (Lipinski definition) is 5. The van der Waals surface area contributed by atoms with Gasteiger partial charge < -0.3 is 4.52 Å². The summed E-state index contributed by atoms with van der Waals surface area (Å²) >= 11 is 3.52. The molecule has 0 saturated heterocycles. The maximum atomic E-state index is 13.2. The van der Waals surface area contributed by atoms with Crippen LogP contribution in [-0.4, -0.2) is 16.0 Å². The minimum atomic E-state index is -0.558. The predicted molar refractivity (Wildman–Crippen MR) is 110 cm³/mol. The van der Waals surface area contributed by atoms with Crippen molar-refractivity contribution in [2.75, 3.05) is 5.43 Å². The maximum absolute atomic E-state index is 13.2. The highest BCUT2D eigenvalue weighted by Gasteiger charge is 2.41. The summed E-state index contributed by atoms with van der Waals surface area (Å²) < 4.78 is 6.19. The molecule has 1 amide bonds. The van der Waals surface area contributed by atoms with E-state index in [0.717, 1.165) is 47.7 Å². The average Bonchev–Trinajstić information content (AvgIpc) is 3.22. The van der Waals surface area contributed by atoms with Gasteiger partial charge in [0.2, 0.25) is 11.7 Å². The van der Waals surface area contributed by atoms with Crippen LogP contribution in [0.2, 0.25) is 0 Å². The number of hydrazine groups is 1. The van der Waals surface area contributed by atoms with Crippen molar-refractivity contribution in [3.8, 4) is 11.4 Å². The molecule has 1 heterocycles. The van der Waals surface area contributed by atoms with Crippen molar-refractivity contribution in [3.63, 3.8) is 0 Å². The lowest BCUT2D eigenvalue weighted by molar-refractivity contribution is -0.127. The lowest BCUT2D eigenvalue weighted by Crippen LogP contribution is -2.47. The second kappa shape index (κ2) is 8.14. The van der Waals surface area contributed by atoms with Gasteiger partial charge in [0.15, 0.2) is 0 Å². The van der Waals surface area contributed by atoms with Crippen molar-refractivity contribution in [2.24, 2.45) is 0 Å². The Bertz CT molecular complexity index is 952. The lowest BCUT2D eigenvalue weighted by Gasteiger charge is -2.36. The molecule has 1 saturated carbocycles. The number of halogens is 1. The molecule has 0 bridgehead atoms. The van der Waals surface area contributed by atoms with Crippen LogP contribution in [0.25, 0.3) is 11.4 Å². The largest absolute Gasteiger partial charge is 0.340 e. The number of amides is 1. The van der Waals surface area contributed by atoms with E-state index in [1.165, 1.54) is 0 Å². The average molecular weight is 441 g/mol. The highest BCUT2D eigenvalue weighted by molar-refractivity contribution is 9.10. The van der Waals surface area contributed by atoms with E-state index in [1.54, 1.807) is 0 Å². The van der Waals surface area contributed by atoms with Crippen molar-refractivity contribution < 1.29 is 9.32 Å². The molecule has 0 unspecified atom stereocenters. The Balaban J connectivity index is 1.50. The van der Waals surface area contributed by atoms with Crippen LogP contribution >= 0.6 is 15.9 Å². The molecule has 28 heavy (non-hydrogen) atoms. The number of nitrogens with zero attached hydrogens (tertiary/aromatic N) is 2. The first-order chi connectivity index (χ1) is 13.7. The Hall–Kier alpha value is -2.67. The SMILES string of the molecule is O=C(NNc1nc(-c2ccccc2)no1)C1(c2cccc(Br)c2)CCCCC1. The molecule has 2 N–H and O–H groups in total. The van der Waals surface area contributed by atoms with E-state index in [4.69, 9.17) is 4.52 Å². The Morgan fingerprint density at radius 3 is 2.57 bits per heavy atom. The van der Waals surface area contributed by atoms with Gasteiger partial charge in [-0.25, -0.2) is 5.43 Å². The van der Waals surface area contributed by atoms with E-state index >= 15 is 0 Å². The number of nitrogens with one attached hydrogen (secondary N) is 2. The highest BCUT2D eigenvalue weighted by Crippen LogP contribution is 2.40. The predicted octanol–water partition coefficient (Wildman–Crippen LogP) is 4.84. The van der Waals surface area contributed by atoms with Crippen LogP contribution in [-0.2, 0) is 10.2 Å². The highest BCUT2D eigenvalue weighted by atomic mass is 79.9. The van der Waals surface area contributed by atoms with Gasteiger partial charge in [-0.05, 0) is 30.5 Å². The molecule has 1 aromatic heterocycles. The zero-order chi connectivity index (χ0) is 19.4. The summed E-state index contributed by atoms with van der Waals surface area (Å²) in [4.78, 5) is 17.5. The van der Waals surface area contributed by atoms with Crippen molar-refractivity contribution in [2.45, 2.75) is 37.5 Å². The third-order valence-corrected chi connectivity index (χ3v) is 5.75. The number of hydrogen-bond donors (Lipinski definition) is 2. The van der Waals surface area contributed by atoms with Crippen LogP contribution in [0.4, 0.5) is 6.01 Å². The van der Waals surface area contributed by atoms with Crippen molar-refractivity contribution in [1.29, 1.82) is 0 Å². The van der Waals surface area contributed by atoms with Crippen LogP contribution in [0.15, 0.2) is 63.6 Å². The third kappa shape index (κ3) is 3.80. The summed E-state index contributed by atoms with van der Waals surface area (Å²) in [5, 5.41) is 3.96. The number of aromatic nitrogens is 2. The van der Waals surface area contributed by atoms with E-state index < -0.39 is 5.41 Å². The molecule has 3 aromatic rings. The van der Waals surface area contributed by atoms with Gasteiger partial charge >= 0.3 is 6.01 Å². The summed E-state index contributed by atoms with van der Waals surface area (Å²) in [7, 11) is 0. The number of anilines is 1. The van der Waals surface area contributed by atoms with Crippen molar-refractivity contribution >= 4 is 27.9 Å². The smallest absolute Gasteiger partial charge is 0.313 e. The molecule has 6 nitrogen and oxygen atoms in total. The van der Waals surface area contributed by atoms with Crippen LogP contribution in [0.3, 0.4) is 0 Å². The van der Waals surface area contributed by atoms with Crippen LogP contribution in [0.1, 0.15) is 37.7 Å². The van der Waals surface area contributed by atoms with E-state index in [0.29, 0.717) is 5.82 Å². The molecule has 0 atom stereocenters. The molecule has 1 fully saturated rings. The minimum Gasteiger partial charge on any atom is -0.313 e. The van der Waals surface area contributed by atoms with Gasteiger partial charge in [-0.15, -0.1) is 0 Å². The van der Waals surface area contributed by atoms with Gasteiger partial charge in [-0.1, -0.05) is 82.8 Å². The van der Waals surface area contributed by atoms with Crippen LogP contribution < -0.4 is 10.9 Å². The standard InChI is InChI=1S/C21H21BrN4O2/c22-17-11-7-10-16(14-17)21(12-5-2-6-13-21)19(27)24-25-20-23-18(26-28-20)15-8-3-1-4-9-15/h1,3-4,7-11,14H,2,5-6,12-13H2,(H,24,27)(H,23,25,26). The second-order valence-corrected chi connectivity index (χ2v) is 7.94. The molecule has 144 valence electrons. The summed E-state index contributed by atoms with van der Waals surface area (Å²) in [6.45, 7) is 0. The third-order valence-electron chi connectivity index (χ3n) is 5.26. The molecule has 2 aromatic carbocycles. The molecule has 1 aliphatic carbocycles. The second-order valence-electron chi connectivity index (χ2n) is 7.02. The summed E-state index contributed by atoms with van der Waals surface area (Å²) in [5.41, 5.74) is 6.90. The molecule has 0 spiro atoms. The quantitative estimate of drug-likeness (QED) is 0.554. The number of rotatable bonds is 5. The van der Waals surface area contributed by atoms with Gasteiger partial charge in [0.25, 0.3) is 0 Å². The molecule has 4 rings (SSSR count). The van der Waals surface area contributed by atoms with Crippen molar-refractivity contribution in [3.05, 3.63) is 64.6 Å². The van der Waals surface area contributed by atoms with Crippen molar-refractivity contribution in [1.82, 2.24) is 15.6 Å². The first kappa shape index (κ1) is 18.7. The zero-order valence-electron chi connectivity index (χ0n) is 15.3. The molecule has 7 heteroatoms. The fraction of sp³-hybridized carbons (Fsp3) is 0.286. The molecular weight excluding hydrogens is 420 g/mol. The van der Waals surface area contributed by atoms with Gasteiger partial charge in [0, 0.05) is 10.0 Å². The summed E-state index contributed by atoms with van der Waals surface area (Å²) in [6, 6.07) is 17.7. The van der Waals surface area contributed by atoms with E-state index in [-0.39, 0.29) is 11.9 Å². The first-order valence-electron chi connectivity index (χ1n) is 9.39. The topological polar surface area (TPSA) is 80.0 Å². The van der Waals surface area contributed by atoms with Gasteiger partial charge in [0.05, 0.1) is 5.41 Å². The van der Waals surface area contributed by atoms with E-state index in [1.807, 2.05) is 54.6 Å². The minimum absolute atomic E-state index is 0.0789. The fourth-order valence-corrected chi connectivity index (χ4v) is 4.20. The lowest BCUT2D eigenvalue weighted by atomic mass is 9.69. The van der Waals surface area contributed by atoms with Gasteiger partial charge in [-0.2, -0.15) is 4.98 Å². The monoisotopic (exact) mass is 440 g/mol. The number of carbonyl (C=O) groups is 1. The Labute approximate surface area is 171 Å². The fourth-order valence-electron chi connectivity index (χ4n) is 3.80. The van der Waals surface area contributed by atoms with Gasteiger partial charge in [-0.3, -0.25) is 10.2 Å². The number of benzene rings is 2. The normalized spacial score (nSPS) is 15.8. The van der Waals surface area contributed by atoms with E-state index in [2.05, 4.69) is 36.9 Å². The summed E-state index contributed by atoms with van der Waals surface area (Å²) in [5.74, 6) is 0.390. The Morgan fingerprint density at radius 2 is 1.82 bits per heavy atom. The maximum Gasteiger partial charge on any atom is 0.340 e. The Kier molecular flexibility index (Phi) is 5.43. The summed E-state index contributed by atoms with van der Waals surface area (Å²) in [6.07, 6.45) is 4.84. The number of carbonyl (C=O) groups excluding carboxylic acids is 1. The van der Waals surface area contributed by atoms with Crippen LogP contribution in [0, 0.1) is 0 Å². The molecule has 0 aliphatic heterocycles. The molecular formula is C21H21BrN4O2. The molecule has 1 aliphatic rings. The Morgan fingerprint density at radius 1 is 1.04 bits per heavy atom.